The van der Waals surface area contributed by atoms with Crippen molar-refractivity contribution in [1.29, 1.82) is 0 Å². The summed E-state index contributed by atoms with van der Waals surface area (Å²) in [5, 5.41) is 11.2. The highest BCUT2D eigenvalue weighted by Gasteiger charge is 2.29. The highest BCUT2D eigenvalue weighted by molar-refractivity contribution is 5.67. The maximum atomic E-state index is 12.1. The van der Waals surface area contributed by atoms with Crippen molar-refractivity contribution in [3.05, 3.63) is 47.8 Å². The number of rotatable bonds is 5. The summed E-state index contributed by atoms with van der Waals surface area (Å²) in [5.41, 5.74) is 7.32. The number of hydrogen-bond donors (Lipinski definition) is 2. The number of carbonyl (C=O) groups is 1. The summed E-state index contributed by atoms with van der Waals surface area (Å²) >= 11 is 0. The topological polar surface area (TPSA) is 95.1 Å². The molecule has 0 unspecified atom stereocenters. The van der Waals surface area contributed by atoms with Gasteiger partial charge in [-0.25, -0.2) is 9.48 Å². The molecule has 2 aromatic rings. The zero-order valence-corrected chi connectivity index (χ0v) is 13.6. The molecule has 1 aromatic carbocycles. The van der Waals surface area contributed by atoms with Crippen molar-refractivity contribution in [3.8, 4) is 0 Å². The van der Waals surface area contributed by atoms with E-state index in [-0.39, 0.29) is 18.7 Å². The molecular weight excluding hydrogens is 306 g/mol. The SMILES string of the molecule is NCc1cn([C@@H]2CCCC[C@@H]2NC(=O)OCc2ccccc2)nn1. The summed E-state index contributed by atoms with van der Waals surface area (Å²) in [7, 11) is 0. The molecule has 7 heteroatoms. The van der Waals surface area contributed by atoms with Crippen molar-refractivity contribution >= 4 is 6.09 Å². The number of amides is 1. The van der Waals surface area contributed by atoms with Gasteiger partial charge in [-0.3, -0.25) is 0 Å². The first-order valence-electron chi connectivity index (χ1n) is 8.34. The maximum Gasteiger partial charge on any atom is 0.407 e. The molecule has 1 fully saturated rings. The third-order valence-corrected chi connectivity index (χ3v) is 4.35. The number of nitrogens with one attached hydrogen (secondary N) is 1. The molecule has 0 spiro atoms. The Morgan fingerprint density at radius 3 is 2.83 bits per heavy atom. The zero-order valence-electron chi connectivity index (χ0n) is 13.6. The van der Waals surface area contributed by atoms with Crippen LogP contribution >= 0.6 is 0 Å². The Labute approximate surface area is 141 Å². The number of hydrogen-bond acceptors (Lipinski definition) is 5. The van der Waals surface area contributed by atoms with Gasteiger partial charge in [0.1, 0.15) is 6.61 Å². The fourth-order valence-corrected chi connectivity index (χ4v) is 3.08. The second-order valence-electron chi connectivity index (χ2n) is 6.06. The minimum Gasteiger partial charge on any atom is -0.445 e. The lowest BCUT2D eigenvalue weighted by atomic mass is 9.90. The van der Waals surface area contributed by atoms with E-state index in [1.807, 2.05) is 41.2 Å². The minimum absolute atomic E-state index is 0.00523. The predicted octanol–water partition coefficient (Wildman–Crippen LogP) is 2.15. The molecule has 1 aliphatic rings. The fraction of sp³-hybridized carbons (Fsp3) is 0.471. The molecule has 128 valence electrons. The summed E-state index contributed by atoms with van der Waals surface area (Å²) in [6.07, 6.45) is 5.52. The Bertz CT molecular complexity index is 658. The molecule has 2 atom stereocenters. The van der Waals surface area contributed by atoms with Gasteiger partial charge in [0.05, 0.1) is 24.0 Å². The molecule has 3 rings (SSSR count). The van der Waals surface area contributed by atoms with E-state index in [9.17, 15) is 4.79 Å². The van der Waals surface area contributed by atoms with Gasteiger partial charge in [-0.1, -0.05) is 48.4 Å². The van der Waals surface area contributed by atoms with E-state index in [1.54, 1.807) is 0 Å². The van der Waals surface area contributed by atoms with Crippen LogP contribution in [0, 0.1) is 0 Å². The first-order chi connectivity index (χ1) is 11.8. The van der Waals surface area contributed by atoms with Crippen LogP contribution in [0.25, 0.3) is 0 Å². The molecule has 1 heterocycles. The summed E-state index contributed by atoms with van der Waals surface area (Å²) in [6.45, 7) is 0.634. The van der Waals surface area contributed by atoms with Gasteiger partial charge in [0.2, 0.25) is 0 Å². The minimum atomic E-state index is -0.394. The van der Waals surface area contributed by atoms with Crippen LogP contribution in [0.15, 0.2) is 36.5 Å². The number of carbonyl (C=O) groups excluding carboxylic acids is 1. The molecule has 1 saturated carbocycles. The van der Waals surface area contributed by atoms with Crippen molar-refractivity contribution in [3.63, 3.8) is 0 Å². The zero-order chi connectivity index (χ0) is 16.8. The van der Waals surface area contributed by atoms with Gasteiger partial charge in [-0.15, -0.1) is 5.10 Å². The predicted molar refractivity (Wildman–Crippen MR) is 89.0 cm³/mol. The highest BCUT2D eigenvalue weighted by atomic mass is 16.5. The van der Waals surface area contributed by atoms with E-state index < -0.39 is 6.09 Å². The molecule has 0 bridgehead atoms. The number of benzene rings is 1. The van der Waals surface area contributed by atoms with Crippen LogP contribution < -0.4 is 11.1 Å². The summed E-state index contributed by atoms with van der Waals surface area (Å²) < 4.78 is 7.15. The molecule has 3 N–H and O–H groups in total. The number of nitrogens with two attached hydrogens (primary N) is 1. The third kappa shape index (κ3) is 4.11. The Hall–Kier alpha value is -2.41. The molecule has 0 radical (unpaired) electrons. The molecule has 24 heavy (non-hydrogen) atoms. The molecule has 7 nitrogen and oxygen atoms in total. The van der Waals surface area contributed by atoms with E-state index in [0.29, 0.717) is 6.54 Å². The number of nitrogens with zero attached hydrogens (tertiary/aromatic N) is 3. The molecule has 0 aliphatic heterocycles. The van der Waals surface area contributed by atoms with Crippen LogP contribution in [0.4, 0.5) is 4.79 Å². The number of ether oxygens (including phenoxy) is 1. The van der Waals surface area contributed by atoms with Crippen LogP contribution in [0.1, 0.15) is 43.0 Å². The van der Waals surface area contributed by atoms with Gasteiger partial charge in [0.15, 0.2) is 0 Å². The molecule has 1 amide bonds. The molecular formula is C17H23N5O2. The monoisotopic (exact) mass is 329 g/mol. The standard InChI is InChI=1S/C17H23N5O2/c18-10-14-11-22(21-20-14)16-9-5-4-8-15(16)19-17(23)24-12-13-6-2-1-3-7-13/h1-3,6-7,11,15-16H,4-5,8-10,12,18H2,(H,19,23)/t15-,16+/m0/s1. The number of aromatic nitrogens is 3. The van der Waals surface area contributed by atoms with Gasteiger partial charge < -0.3 is 15.8 Å². The van der Waals surface area contributed by atoms with E-state index >= 15 is 0 Å². The van der Waals surface area contributed by atoms with Crippen molar-refractivity contribution in [2.45, 2.75) is 50.9 Å². The van der Waals surface area contributed by atoms with E-state index in [2.05, 4.69) is 15.6 Å². The lowest BCUT2D eigenvalue weighted by molar-refractivity contribution is 0.126. The Morgan fingerprint density at radius 1 is 1.29 bits per heavy atom. The average molecular weight is 329 g/mol. The van der Waals surface area contributed by atoms with Crippen LogP contribution in [-0.4, -0.2) is 27.1 Å². The van der Waals surface area contributed by atoms with Crippen molar-refractivity contribution in [2.24, 2.45) is 5.73 Å². The highest BCUT2D eigenvalue weighted by Crippen LogP contribution is 2.28. The van der Waals surface area contributed by atoms with Gasteiger partial charge in [-0.2, -0.15) is 0 Å². The normalized spacial score (nSPS) is 20.5. The van der Waals surface area contributed by atoms with E-state index in [1.165, 1.54) is 0 Å². The summed E-state index contributed by atoms with van der Waals surface area (Å²) in [4.78, 5) is 12.1. The van der Waals surface area contributed by atoms with Crippen molar-refractivity contribution in [1.82, 2.24) is 20.3 Å². The van der Waals surface area contributed by atoms with Crippen molar-refractivity contribution in [2.75, 3.05) is 0 Å². The maximum absolute atomic E-state index is 12.1. The van der Waals surface area contributed by atoms with Crippen LogP contribution in [-0.2, 0) is 17.9 Å². The smallest absolute Gasteiger partial charge is 0.407 e. The van der Waals surface area contributed by atoms with E-state index in [4.69, 9.17) is 10.5 Å². The lowest BCUT2D eigenvalue weighted by Gasteiger charge is -2.31. The van der Waals surface area contributed by atoms with Crippen molar-refractivity contribution < 1.29 is 9.53 Å². The first kappa shape index (κ1) is 16.4. The Morgan fingerprint density at radius 2 is 2.08 bits per heavy atom. The van der Waals surface area contributed by atoms with Crippen LogP contribution in [0.3, 0.4) is 0 Å². The van der Waals surface area contributed by atoms with Gasteiger partial charge >= 0.3 is 6.09 Å². The first-order valence-corrected chi connectivity index (χ1v) is 8.34. The average Bonchev–Trinajstić information content (AvgIpc) is 3.10. The van der Waals surface area contributed by atoms with Gasteiger partial charge in [0, 0.05) is 6.54 Å². The quantitative estimate of drug-likeness (QED) is 0.876. The number of alkyl carbamates (subject to hydrolysis) is 1. The molecule has 1 aliphatic carbocycles. The summed E-state index contributed by atoms with van der Waals surface area (Å²) in [6, 6.07) is 9.73. The summed E-state index contributed by atoms with van der Waals surface area (Å²) in [5.74, 6) is 0. The van der Waals surface area contributed by atoms with Crippen LogP contribution in [0.2, 0.25) is 0 Å². The fourth-order valence-electron chi connectivity index (χ4n) is 3.08. The molecule has 0 saturated heterocycles. The van der Waals surface area contributed by atoms with Crippen LogP contribution in [0.5, 0.6) is 0 Å². The largest absolute Gasteiger partial charge is 0.445 e. The van der Waals surface area contributed by atoms with E-state index in [0.717, 1.165) is 36.9 Å². The lowest BCUT2D eigenvalue weighted by Crippen LogP contribution is -2.43. The Balaban J connectivity index is 1.58. The second kappa shape index (κ2) is 7.92. The second-order valence-corrected chi connectivity index (χ2v) is 6.06. The van der Waals surface area contributed by atoms with Gasteiger partial charge in [-0.05, 0) is 18.4 Å². The Kier molecular flexibility index (Phi) is 5.43. The molecule has 1 aromatic heterocycles. The third-order valence-electron chi connectivity index (χ3n) is 4.35. The van der Waals surface area contributed by atoms with Gasteiger partial charge in [0.25, 0.3) is 0 Å².